The van der Waals surface area contributed by atoms with E-state index in [4.69, 9.17) is 9.26 Å². The van der Waals surface area contributed by atoms with Gasteiger partial charge in [-0.2, -0.15) is 8.42 Å². The lowest BCUT2D eigenvalue weighted by Gasteiger charge is -2.34. The molecule has 1 aliphatic heterocycles. The minimum absolute atomic E-state index is 0.0827. The monoisotopic (exact) mass is 603 g/mol. The summed E-state index contributed by atoms with van der Waals surface area (Å²) >= 11 is 0. The van der Waals surface area contributed by atoms with Crippen LogP contribution in [-0.4, -0.2) is 88.9 Å². The van der Waals surface area contributed by atoms with Gasteiger partial charge in [0.25, 0.3) is 10.0 Å². The fourth-order valence-corrected chi connectivity index (χ4v) is 5.70. The molecule has 228 valence electrons. The van der Waals surface area contributed by atoms with Gasteiger partial charge in [0.15, 0.2) is 10.8 Å². The van der Waals surface area contributed by atoms with Crippen molar-refractivity contribution in [3.05, 3.63) is 47.7 Å². The van der Waals surface area contributed by atoms with Crippen molar-refractivity contribution < 1.29 is 32.4 Å². The SMILES string of the molecule is Cc1noc(C)c1NC(=O)N(C)C[C@H]1Oc2ccc(NS(=O)(=O)c3cn(C)cn3)cc2CC(=O)N([C@H](C)CO)C[C@H]1C. The second kappa shape index (κ2) is 12.4. The highest BCUT2D eigenvalue weighted by atomic mass is 32.2. The number of hydrogen-bond donors (Lipinski definition) is 3. The Kier molecular flexibility index (Phi) is 9.11. The largest absolute Gasteiger partial charge is 0.488 e. The van der Waals surface area contributed by atoms with E-state index < -0.39 is 28.2 Å². The average molecular weight is 604 g/mol. The van der Waals surface area contributed by atoms with Crippen molar-refractivity contribution in [3.8, 4) is 5.75 Å². The zero-order valence-corrected chi connectivity index (χ0v) is 25.3. The third-order valence-corrected chi connectivity index (χ3v) is 8.46. The van der Waals surface area contributed by atoms with Gasteiger partial charge in [0.1, 0.15) is 23.2 Å². The number of likely N-dealkylation sites (N-methyl/N-ethyl adjacent to an activating group) is 1. The van der Waals surface area contributed by atoms with Crippen LogP contribution in [0.4, 0.5) is 16.2 Å². The normalized spacial score (nSPS) is 18.3. The lowest BCUT2D eigenvalue weighted by Crippen LogP contribution is -2.48. The molecule has 15 heteroatoms. The molecule has 0 aliphatic carbocycles. The summed E-state index contributed by atoms with van der Waals surface area (Å²) in [6.45, 7) is 7.30. The predicted octanol–water partition coefficient (Wildman–Crippen LogP) is 2.14. The molecule has 3 N–H and O–H groups in total. The van der Waals surface area contributed by atoms with Crippen LogP contribution in [0.1, 0.15) is 30.9 Å². The molecular formula is C27H37N7O7S. The number of sulfonamides is 1. The topological polar surface area (TPSA) is 172 Å². The fourth-order valence-electron chi connectivity index (χ4n) is 4.66. The number of urea groups is 1. The predicted molar refractivity (Wildman–Crippen MR) is 154 cm³/mol. The summed E-state index contributed by atoms with van der Waals surface area (Å²) in [5.41, 5.74) is 1.74. The molecule has 3 aromatic rings. The minimum atomic E-state index is -3.97. The van der Waals surface area contributed by atoms with Crippen LogP contribution < -0.4 is 14.8 Å². The van der Waals surface area contributed by atoms with Crippen molar-refractivity contribution in [2.24, 2.45) is 13.0 Å². The Hall–Kier alpha value is -4.11. The van der Waals surface area contributed by atoms with Crippen LogP contribution in [0.5, 0.6) is 5.75 Å². The third-order valence-electron chi connectivity index (χ3n) is 7.19. The van der Waals surface area contributed by atoms with Crippen LogP contribution in [-0.2, 0) is 28.3 Å². The van der Waals surface area contributed by atoms with Gasteiger partial charge in [-0.25, -0.2) is 9.78 Å². The number of nitrogens with zero attached hydrogens (tertiary/aromatic N) is 5. The summed E-state index contributed by atoms with van der Waals surface area (Å²) in [6, 6.07) is 3.85. The number of carbonyl (C=O) groups excluding carboxylic acids is 2. The molecule has 3 atom stereocenters. The Balaban J connectivity index is 1.62. The number of rotatable bonds is 8. The Morgan fingerprint density at radius 2 is 2.05 bits per heavy atom. The standard InChI is InChI=1S/C27H37N7O7S/c1-16-11-34(17(2)14-35)25(36)10-20-9-21(31-42(38,39)24-13-32(5)15-28-24)7-8-22(20)40-23(16)12-33(6)27(37)29-26-18(3)30-41-19(26)4/h7-9,13,15-17,23,31,35H,10-12,14H2,1-6H3,(H,29,37)/t16-,17-,23-/m1/s1. The number of aromatic nitrogens is 3. The number of imidazole rings is 1. The summed E-state index contributed by atoms with van der Waals surface area (Å²) < 4.78 is 41.3. The van der Waals surface area contributed by atoms with E-state index in [9.17, 15) is 23.1 Å². The number of aliphatic hydroxyl groups excluding tert-OH is 1. The average Bonchev–Trinajstić information content (AvgIpc) is 3.53. The maximum Gasteiger partial charge on any atom is 0.321 e. The number of fused-ring (bicyclic) bond motifs is 1. The van der Waals surface area contributed by atoms with Gasteiger partial charge in [-0.1, -0.05) is 12.1 Å². The fraction of sp³-hybridized carbons (Fsp3) is 0.481. The van der Waals surface area contributed by atoms with Crippen LogP contribution in [0.3, 0.4) is 0 Å². The molecule has 3 heterocycles. The van der Waals surface area contributed by atoms with Crippen molar-refractivity contribution in [3.63, 3.8) is 0 Å². The van der Waals surface area contributed by atoms with Crippen LogP contribution >= 0.6 is 0 Å². The first kappa shape index (κ1) is 30.8. The molecular weight excluding hydrogens is 566 g/mol. The minimum Gasteiger partial charge on any atom is -0.488 e. The Labute approximate surface area is 244 Å². The third kappa shape index (κ3) is 6.85. The number of aryl methyl sites for hydroxylation is 3. The Morgan fingerprint density at radius 3 is 2.67 bits per heavy atom. The molecule has 1 aliphatic rings. The van der Waals surface area contributed by atoms with Crippen LogP contribution in [0.2, 0.25) is 0 Å². The molecule has 0 fully saturated rings. The van der Waals surface area contributed by atoms with Crippen molar-refractivity contribution in [2.75, 3.05) is 36.8 Å². The molecule has 1 aromatic carbocycles. The van der Waals surface area contributed by atoms with Gasteiger partial charge < -0.3 is 34.1 Å². The summed E-state index contributed by atoms with van der Waals surface area (Å²) in [5, 5.41) is 16.4. The van der Waals surface area contributed by atoms with Gasteiger partial charge in [-0.3, -0.25) is 9.52 Å². The summed E-state index contributed by atoms with van der Waals surface area (Å²) in [4.78, 5) is 33.5. The van der Waals surface area contributed by atoms with E-state index in [0.29, 0.717) is 28.5 Å². The van der Waals surface area contributed by atoms with Crippen molar-refractivity contribution in [1.82, 2.24) is 24.5 Å². The zero-order valence-electron chi connectivity index (χ0n) is 24.5. The number of hydrogen-bond acceptors (Lipinski definition) is 9. The maximum atomic E-state index is 13.4. The molecule has 0 spiro atoms. The maximum absolute atomic E-state index is 13.4. The quantitative estimate of drug-likeness (QED) is 0.349. The number of benzene rings is 1. The summed E-state index contributed by atoms with van der Waals surface area (Å²) in [7, 11) is -0.675. The van der Waals surface area contributed by atoms with Crippen LogP contribution in [0.25, 0.3) is 0 Å². The van der Waals surface area contributed by atoms with E-state index in [1.54, 1.807) is 58.0 Å². The lowest BCUT2D eigenvalue weighted by molar-refractivity contribution is -0.134. The molecule has 4 rings (SSSR count). The summed E-state index contributed by atoms with van der Waals surface area (Å²) in [5.74, 6) is 0.379. The van der Waals surface area contributed by atoms with Crippen molar-refractivity contribution in [2.45, 2.75) is 51.3 Å². The molecule has 14 nitrogen and oxygen atoms in total. The molecule has 2 aromatic heterocycles. The van der Waals surface area contributed by atoms with E-state index in [1.165, 1.54) is 22.0 Å². The second-order valence-electron chi connectivity index (χ2n) is 10.7. The Bertz CT molecular complexity index is 1530. The number of aliphatic hydroxyl groups is 1. The number of ether oxygens (including phenoxy) is 1. The van der Waals surface area contributed by atoms with Gasteiger partial charge in [-0.15, -0.1) is 0 Å². The van der Waals surface area contributed by atoms with Crippen LogP contribution in [0.15, 0.2) is 40.3 Å². The van der Waals surface area contributed by atoms with E-state index in [-0.39, 0.29) is 48.7 Å². The van der Waals surface area contributed by atoms with Gasteiger partial charge in [0, 0.05) is 44.0 Å². The highest BCUT2D eigenvalue weighted by Crippen LogP contribution is 2.30. The van der Waals surface area contributed by atoms with Crippen molar-refractivity contribution >= 4 is 33.3 Å². The number of anilines is 2. The number of nitrogens with one attached hydrogen (secondary N) is 2. The first-order valence-electron chi connectivity index (χ1n) is 13.4. The first-order chi connectivity index (χ1) is 19.8. The van der Waals surface area contributed by atoms with E-state index in [0.717, 1.165) is 0 Å². The Morgan fingerprint density at radius 1 is 1.31 bits per heavy atom. The van der Waals surface area contributed by atoms with E-state index in [1.807, 2.05) is 6.92 Å². The van der Waals surface area contributed by atoms with Gasteiger partial charge in [0.05, 0.1) is 31.9 Å². The van der Waals surface area contributed by atoms with Gasteiger partial charge in [-0.05, 0) is 39.0 Å². The second-order valence-corrected chi connectivity index (χ2v) is 12.3. The molecule has 0 unspecified atom stereocenters. The summed E-state index contributed by atoms with van der Waals surface area (Å²) in [6.07, 6.45) is 2.13. The molecule has 3 amide bonds. The number of amides is 3. The van der Waals surface area contributed by atoms with E-state index >= 15 is 0 Å². The molecule has 0 saturated heterocycles. The molecule has 0 bridgehead atoms. The van der Waals surface area contributed by atoms with E-state index in [2.05, 4.69) is 20.2 Å². The molecule has 42 heavy (non-hydrogen) atoms. The van der Waals surface area contributed by atoms with Crippen molar-refractivity contribution in [1.29, 1.82) is 0 Å². The lowest BCUT2D eigenvalue weighted by atomic mass is 10.0. The van der Waals surface area contributed by atoms with Crippen LogP contribution in [0, 0.1) is 19.8 Å². The highest BCUT2D eigenvalue weighted by Gasteiger charge is 2.32. The molecule has 0 radical (unpaired) electrons. The van der Waals surface area contributed by atoms with Gasteiger partial charge >= 0.3 is 6.03 Å². The number of carbonyl (C=O) groups is 2. The highest BCUT2D eigenvalue weighted by molar-refractivity contribution is 7.92. The molecule has 0 saturated carbocycles. The smallest absolute Gasteiger partial charge is 0.321 e. The van der Waals surface area contributed by atoms with Gasteiger partial charge in [0.2, 0.25) is 5.91 Å². The first-order valence-corrected chi connectivity index (χ1v) is 14.9. The zero-order chi connectivity index (χ0) is 30.8.